The van der Waals surface area contributed by atoms with E-state index < -0.39 is 0 Å². The molecule has 3 nitrogen and oxygen atoms in total. The smallest absolute Gasteiger partial charge is 0.222 e. The number of carbonyl (C=O) groups excluding carboxylic acids is 1. The van der Waals surface area contributed by atoms with Crippen LogP contribution in [0.5, 0.6) is 0 Å². The van der Waals surface area contributed by atoms with E-state index in [2.05, 4.69) is 36.0 Å². The van der Waals surface area contributed by atoms with E-state index >= 15 is 0 Å². The van der Waals surface area contributed by atoms with Gasteiger partial charge < -0.3 is 9.47 Å². The average Bonchev–Trinajstić information content (AvgIpc) is 2.59. The van der Waals surface area contributed by atoms with Gasteiger partial charge in [0, 0.05) is 43.7 Å². The number of aryl methyl sites for hydroxylation is 1. The van der Waals surface area contributed by atoms with Gasteiger partial charge in [-0.1, -0.05) is 19.1 Å². The fourth-order valence-corrected chi connectivity index (χ4v) is 2.92. The first kappa shape index (κ1) is 11.3. The molecule has 1 amide bonds. The molecule has 1 aromatic heterocycles. The van der Waals surface area contributed by atoms with Crippen LogP contribution in [-0.4, -0.2) is 21.9 Å². The number of hydrogen-bond acceptors (Lipinski definition) is 1. The Morgan fingerprint density at radius 1 is 1.33 bits per heavy atom. The molecular weight excluding hydrogens is 224 g/mol. The quantitative estimate of drug-likeness (QED) is 0.754. The van der Waals surface area contributed by atoms with Crippen molar-refractivity contribution < 1.29 is 4.79 Å². The Balaban J connectivity index is 2.11. The summed E-state index contributed by atoms with van der Waals surface area (Å²) in [5, 5.41) is 1.35. The summed E-state index contributed by atoms with van der Waals surface area (Å²) in [6.45, 7) is 3.52. The van der Waals surface area contributed by atoms with Gasteiger partial charge in [-0.05, 0) is 23.6 Å². The molecule has 3 heteroatoms. The van der Waals surface area contributed by atoms with Crippen LogP contribution >= 0.6 is 0 Å². The third-order valence-electron chi connectivity index (χ3n) is 3.85. The van der Waals surface area contributed by atoms with Gasteiger partial charge >= 0.3 is 0 Å². The number of rotatable bonds is 1. The molecule has 0 saturated heterocycles. The fourth-order valence-electron chi connectivity index (χ4n) is 2.92. The van der Waals surface area contributed by atoms with Crippen LogP contribution in [0.25, 0.3) is 10.9 Å². The van der Waals surface area contributed by atoms with Crippen LogP contribution < -0.4 is 0 Å². The van der Waals surface area contributed by atoms with Gasteiger partial charge in [-0.2, -0.15) is 0 Å². The van der Waals surface area contributed by atoms with Crippen LogP contribution in [-0.2, 0) is 24.8 Å². The maximum absolute atomic E-state index is 11.9. The number of hydrogen-bond donors (Lipinski definition) is 0. The first-order valence-corrected chi connectivity index (χ1v) is 6.54. The van der Waals surface area contributed by atoms with Gasteiger partial charge in [0.1, 0.15) is 0 Å². The predicted molar refractivity (Wildman–Crippen MR) is 72.3 cm³/mol. The van der Waals surface area contributed by atoms with Gasteiger partial charge in [-0.3, -0.25) is 4.79 Å². The normalized spacial score (nSPS) is 14.9. The maximum Gasteiger partial charge on any atom is 0.222 e. The van der Waals surface area contributed by atoms with E-state index in [1.54, 1.807) is 0 Å². The minimum Gasteiger partial charge on any atom is -0.350 e. The Morgan fingerprint density at radius 3 is 2.94 bits per heavy atom. The molecule has 1 aliphatic heterocycles. The minimum absolute atomic E-state index is 0.251. The van der Waals surface area contributed by atoms with Crippen LogP contribution in [0, 0.1) is 0 Å². The second-order valence-corrected chi connectivity index (χ2v) is 5.00. The highest BCUT2D eigenvalue weighted by atomic mass is 16.2. The van der Waals surface area contributed by atoms with E-state index in [0.717, 1.165) is 19.5 Å². The molecule has 3 rings (SSSR count). The van der Waals surface area contributed by atoms with Crippen molar-refractivity contribution in [2.75, 3.05) is 6.54 Å². The van der Waals surface area contributed by atoms with Crippen LogP contribution in [0.3, 0.4) is 0 Å². The lowest BCUT2D eigenvalue weighted by atomic mass is 10.1. The number of amides is 1. The predicted octanol–water partition coefficient (Wildman–Crippen LogP) is 2.47. The third kappa shape index (κ3) is 1.62. The average molecular weight is 242 g/mol. The summed E-state index contributed by atoms with van der Waals surface area (Å²) in [6, 6.07) is 6.38. The molecule has 0 fully saturated rings. The van der Waals surface area contributed by atoms with Crippen molar-refractivity contribution in [3.8, 4) is 0 Å². The van der Waals surface area contributed by atoms with E-state index in [9.17, 15) is 4.79 Å². The van der Waals surface area contributed by atoms with Crippen molar-refractivity contribution in [2.24, 2.45) is 7.05 Å². The molecule has 2 heterocycles. The number of nitrogens with zero attached hydrogens (tertiary/aromatic N) is 2. The van der Waals surface area contributed by atoms with Crippen LogP contribution in [0.1, 0.15) is 24.5 Å². The van der Waals surface area contributed by atoms with Crippen LogP contribution in [0.15, 0.2) is 24.4 Å². The topological polar surface area (TPSA) is 25.2 Å². The third-order valence-corrected chi connectivity index (χ3v) is 3.85. The summed E-state index contributed by atoms with van der Waals surface area (Å²) < 4.78 is 2.19. The Morgan fingerprint density at radius 2 is 2.17 bits per heavy atom. The zero-order valence-corrected chi connectivity index (χ0v) is 10.9. The van der Waals surface area contributed by atoms with Crippen molar-refractivity contribution in [3.05, 3.63) is 35.5 Å². The number of aromatic nitrogens is 1. The Bertz CT molecular complexity index is 612. The van der Waals surface area contributed by atoms with E-state index in [-0.39, 0.29) is 5.91 Å². The van der Waals surface area contributed by atoms with Gasteiger partial charge in [0.25, 0.3) is 0 Å². The van der Waals surface area contributed by atoms with Crippen LogP contribution in [0.4, 0.5) is 0 Å². The lowest BCUT2D eigenvalue weighted by Gasteiger charge is -2.20. The summed E-state index contributed by atoms with van der Waals surface area (Å²) in [7, 11) is 2.09. The first-order chi connectivity index (χ1) is 8.70. The molecule has 18 heavy (non-hydrogen) atoms. The molecule has 1 aromatic carbocycles. The van der Waals surface area contributed by atoms with Crippen molar-refractivity contribution in [3.63, 3.8) is 0 Å². The van der Waals surface area contributed by atoms with E-state index in [1.807, 2.05) is 11.8 Å². The molecule has 94 valence electrons. The highest BCUT2D eigenvalue weighted by Gasteiger charge is 2.20. The lowest BCUT2D eigenvalue weighted by Crippen LogP contribution is -2.30. The fraction of sp³-hybridized carbons (Fsp3) is 0.400. The molecule has 0 N–H and O–H groups in total. The van der Waals surface area contributed by atoms with Gasteiger partial charge in [0.15, 0.2) is 0 Å². The highest BCUT2D eigenvalue weighted by molar-refractivity contribution is 5.88. The van der Waals surface area contributed by atoms with Crippen molar-refractivity contribution in [1.82, 2.24) is 9.47 Å². The zero-order valence-electron chi connectivity index (χ0n) is 10.9. The second kappa shape index (κ2) is 4.16. The van der Waals surface area contributed by atoms with Gasteiger partial charge in [-0.15, -0.1) is 0 Å². The molecule has 0 saturated carbocycles. The summed E-state index contributed by atoms with van der Waals surface area (Å²) in [6.07, 6.45) is 3.75. The number of carbonyl (C=O) groups is 1. The molecule has 2 aromatic rings. The van der Waals surface area contributed by atoms with E-state index in [0.29, 0.717) is 6.42 Å². The SMILES string of the molecule is CCC(=O)N1CCc2cn(C)c3cccc(c23)C1. The Labute approximate surface area is 107 Å². The standard InChI is InChI=1S/C15H18N2O/c1-3-14(18)17-8-7-12-9-16(2)13-6-4-5-11(10-17)15(12)13/h4-6,9H,3,7-8,10H2,1-2H3. The number of benzene rings is 1. The molecular formula is C15H18N2O. The molecule has 0 spiro atoms. The molecule has 1 aliphatic rings. The van der Waals surface area contributed by atoms with Crippen LogP contribution in [0.2, 0.25) is 0 Å². The van der Waals surface area contributed by atoms with Gasteiger partial charge in [0.05, 0.1) is 0 Å². The van der Waals surface area contributed by atoms with E-state index in [4.69, 9.17) is 0 Å². The van der Waals surface area contributed by atoms with Crippen molar-refractivity contribution >= 4 is 16.8 Å². The summed E-state index contributed by atoms with van der Waals surface area (Å²) in [5.74, 6) is 0.251. The highest BCUT2D eigenvalue weighted by Crippen LogP contribution is 2.28. The summed E-state index contributed by atoms with van der Waals surface area (Å²) in [4.78, 5) is 13.9. The molecule has 0 aliphatic carbocycles. The maximum atomic E-state index is 11.9. The van der Waals surface area contributed by atoms with E-state index in [1.165, 1.54) is 22.0 Å². The van der Waals surface area contributed by atoms with Gasteiger partial charge in [-0.25, -0.2) is 0 Å². The first-order valence-electron chi connectivity index (χ1n) is 6.54. The minimum atomic E-state index is 0.251. The summed E-state index contributed by atoms with van der Waals surface area (Å²) >= 11 is 0. The second-order valence-electron chi connectivity index (χ2n) is 5.00. The molecule has 0 radical (unpaired) electrons. The molecule has 0 bridgehead atoms. The Hall–Kier alpha value is -1.77. The van der Waals surface area contributed by atoms with Gasteiger partial charge in [0.2, 0.25) is 5.91 Å². The summed E-state index contributed by atoms with van der Waals surface area (Å²) in [5.41, 5.74) is 3.92. The largest absolute Gasteiger partial charge is 0.350 e. The zero-order chi connectivity index (χ0) is 12.7. The Kier molecular flexibility index (Phi) is 2.62. The molecule has 0 unspecified atom stereocenters. The monoisotopic (exact) mass is 242 g/mol. The van der Waals surface area contributed by atoms with Crippen molar-refractivity contribution in [2.45, 2.75) is 26.3 Å². The van der Waals surface area contributed by atoms with Crippen molar-refractivity contribution in [1.29, 1.82) is 0 Å². The molecule has 0 atom stereocenters. The lowest BCUT2D eigenvalue weighted by molar-refractivity contribution is -0.131.